The highest BCUT2D eigenvalue weighted by molar-refractivity contribution is 7.99. The number of ether oxygens (including phenoxy) is 2. The van der Waals surface area contributed by atoms with Gasteiger partial charge in [0.1, 0.15) is 0 Å². The number of thioether (sulfide) groups is 1. The number of nitrogens with one attached hydrogen (secondary N) is 1. The highest BCUT2D eigenvalue weighted by atomic mass is 32.2. The minimum Gasteiger partial charge on any atom is -0.378 e. The van der Waals surface area contributed by atoms with E-state index in [0.717, 1.165) is 13.2 Å². The van der Waals surface area contributed by atoms with Gasteiger partial charge in [0.05, 0.1) is 11.7 Å². The lowest BCUT2D eigenvalue weighted by Gasteiger charge is -2.56. The van der Waals surface area contributed by atoms with Crippen LogP contribution in [0.5, 0.6) is 0 Å². The van der Waals surface area contributed by atoms with Gasteiger partial charge < -0.3 is 14.8 Å². The molecule has 22 heavy (non-hydrogen) atoms. The molecule has 126 valence electrons. The van der Waals surface area contributed by atoms with Crippen molar-refractivity contribution in [3.05, 3.63) is 0 Å². The summed E-state index contributed by atoms with van der Waals surface area (Å²) in [7, 11) is 0. The van der Waals surface area contributed by atoms with Gasteiger partial charge in [-0.05, 0) is 51.2 Å². The first-order valence-corrected chi connectivity index (χ1v) is 10.5. The Balaban J connectivity index is 1.38. The molecule has 0 aromatic heterocycles. The fourth-order valence-electron chi connectivity index (χ4n) is 5.44. The van der Waals surface area contributed by atoms with Crippen LogP contribution >= 0.6 is 11.8 Å². The molecule has 0 unspecified atom stereocenters. The van der Waals surface area contributed by atoms with Gasteiger partial charge in [-0.15, -0.1) is 0 Å². The monoisotopic (exact) mass is 325 g/mol. The molecule has 0 amide bonds. The molecular formula is C18H31NO2S. The SMILES string of the molecule is CCO[C@@H]1C[C@H](N[C@H]2CCO[C@@]3(CCSC3)C2)C12CCCC2. The van der Waals surface area contributed by atoms with Gasteiger partial charge in [0.2, 0.25) is 0 Å². The van der Waals surface area contributed by atoms with Gasteiger partial charge in [-0.25, -0.2) is 0 Å². The van der Waals surface area contributed by atoms with E-state index >= 15 is 0 Å². The van der Waals surface area contributed by atoms with E-state index in [1.165, 1.54) is 62.9 Å². The molecule has 4 atom stereocenters. The Bertz CT molecular complexity index is 391. The quantitative estimate of drug-likeness (QED) is 0.858. The van der Waals surface area contributed by atoms with E-state index in [0.29, 0.717) is 23.6 Å². The van der Waals surface area contributed by atoms with E-state index in [9.17, 15) is 0 Å². The predicted molar refractivity (Wildman–Crippen MR) is 91.5 cm³/mol. The van der Waals surface area contributed by atoms with Crippen molar-refractivity contribution in [2.75, 3.05) is 24.7 Å². The van der Waals surface area contributed by atoms with Crippen LogP contribution in [0.2, 0.25) is 0 Å². The van der Waals surface area contributed by atoms with Crippen molar-refractivity contribution < 1.29 is 9.47 Å². The van der Waals surface area contributed by atoms with Crippen molar-refractivity contribution in [3.63, 3.8) is 0 Å². The minimum absolute atomic E-state index is 0.201. The van der Waals surface area contributed by atoms with Crippen LogP contribution in [0.15, 0.2) is 0 Å². The molecule has 4 aliphatic rings. The molecular weight excluding hydrogens is 294 g/mol. The summed E-state index contributed by atoms with van der Waals surface area (Å²) in [5, 5.41) is 4.06. The third-order valence-electron chi connectivity index (χ3n) is 6.68. The van der Waals surface area contributed by atoms with Crippen molar-refractivity contribution in [3.8, 4) is 0 Å². The molecule has 1 N–H and O–H groups in total. The summed E-state index contributed by atoms with van der Waals surface area (Å²) in [4.78, 5) is 0. The predicted octanol–water partition coefficient (Wildman–Crippen LogP) is 3.37. The summed E-state index contributed by atoms with van der Waals surface area (Å²) in [6.45, 7) is 3.97. The van der Waals surface area contributed by atoms with Crippen LogP contribution in [0.25, 0.3) is 0 Å². The lowest BCUT2D eigenvalue weighted by molar-refractivity contribution is -0.139. The van der Waals surface area contributed by atoms with Crippen LogP contribution in [0.1, 0.15) is 58.3 Å². The molecule has 4 fully saturated rings. The first-order chi connectivity index (χ1) is 10.8. The van der Waals surface area contributed by atoms with E-state index in [2.05, 4.69) is 24.0 Å². The molecule has 4 rings (SSSR count). The van der Waals surface area contributed by atoms with Gasteiger partial charge in [0.25, 0.3) is 0 Å². The van der Waals surface area contributed by atoms with Crippen molar-refractivity contribution in [2.45, 2.75) is 82.1 Å². The second-order valence-electron chi connectivity index (χ2n) is 7.86. The van der Waals surface area contributed by atoms with Gasteiger partial charge in [-0.2, -0.15) is 11.8 Å². The third-order valence-corrected chi connectivity index (χ3v) is 7.91. The van der Waals surface area contributed by atoms with Crippen molar-refractivity contribution >= 4 is 11.8 Å². The Morgan fingerprint density at radius 3 is 2.86 bits per heavy atom. The molecule has 2 heterocycles. The number of rotatable bonds is 4. The van der Waals surface area contributed by atoms with Crippen molar-refractivity contribution in [1.29, 1.82) is 0 Å². The smallest absolute Gasteiger partial charge is 0.0795 e. The molecule has 0 aromatic carbocycles. The van der Waals surface area contributed by atoms with E-state index in [1.54, 1.807) is 0 Å². The van der Waals surface area contributed by atoms with Crippen molar-refractivity contribution in [1.82, 2.24) is 5.32 Å². The summed E-state index contributed by atoms with van der Waals surface area (Å²) in [6.07, 6.45) is 11.0. The topological polar surface area (TPSA) is 30.5 Å². The molecule has 3 nitrogen and oxygen atoms in total. The first-order valence-electron chi connectivity index (χ1n) is 9.36. The van der Waals surface area contributed by atoms with E-state index in [4.69, 9.17) is 9.47 Å². The van der Waals surface area contributed by atoms with Gasteiger partial charge in [0.15, 0.2) is 0 Å². The van der Waals surface area contributed by atoms with E-state index in [1.807, 2.05) is 0 Å². The highest BCUT2D eigenvalue weighted by Crippen LogP contribution is 2.55. The van der Waals surface area contributed by atoms with E-state index in [-0.39, 0.29) is 5.60 Å². The summed E-state index contributed by atoms with van der Waals surface area (Å²) < 4.78 is 12.2. The van der Waals surface area contributed by atoms with Crippen LogP contribution in [0.3, 0.4) is 0 Å². The maximum atomic E-state index is 6.18. The maximum Gasteiger partial charge on any atom is 0.0795 e. The lowest BCUT2D eigenvalue weighted by atomic mass is 9.60. The molecule has 0 radical (unpaired) electrons. The zero-order valence-corrected chi connectivity index (χ0v) is 14.8. The molecule has 2 saturated heterocycles. The molecule has 0 bridgehead atoms. The van der Waals surface area contributed by atoms with Gasteiger partial charge in [-0.1, -0.05) is 12.8 Å². The summed E-state index contributed by atoms with van der Waals surface area (Å²) >= 11 is 2.07. The first kappa shape index (κ1) is 15.7. The maximum absolute atomic E-state index is 6.18. The Labute approximate surface area is 139 Å². The van der Waals surface area contributed by atoms with E-state index < -0.39 is 0 Å². The second-order valence-corrected chi connectivity index (χ2v) is 8.97. The third kappa shape index (κ3) is 2.64. The minimum atomic E-state index is 0.201. The van der Waals surface area contributed by atoms with Crippen LogP contribution in [-0.2, 0) is 9.47 Å². The normalized spacial score (nSPS) is 43.8. The zero-order valence-electron chi connectivity index (χ0n) is 13.9. The van der Waals surface area contributed by atoms with Gasteiger partial charge >= 0.3 is 0 Å². The molecule has 4 heteroatoms. The Morgan fingerprint density at radius 1 is 1.27 bits per heavy atom. The van der Waals surface area contributed by atoms with Crippen LogP contribution in [0.4, 0.5) is 0 Å². The second kappa shape index (κ2) is 6.27. The Morgan fingerprint density at radius 2 is 2.14 bits per heavy atom. The van der Waals surface area contributed by atoms with Crippen LogP contribution in [0, 0.1) is 5.41 Å². The molecule has 0 aromatic rings. The van der Waals surface area contributed by atoms with Gasteiger partial charge in [-0.3, -0.25) is 0 Å². The van der Waals surface area contributed by atoms with Crippen LogP contribution < -0.4 is 5.32 Å². The summed E-state index contributed by atoms with van der Waals surface area (Å²) in [6, 6.07) is 1.36. The molecule has 2 saturated carbocycles. The fourth-order valence-corrected chi connectivity index (χ4v) is 6.82. The lowest BCUT2D eigenvalue weighted by Crippen LogP contribution is -2.65. The van der Waals surface area contributed by atoms with Gasteiger partial charge in [0, 0.05) is 36.5 Å². The molecule has 2 spiro atoms. The average molecular weight is 326 g/mol. The molecule has 2 aliphatic heterocycles. The van der Waals surface area contributed by atoms with Crippen molar-refractivity contribution in [2.24, 2.45) is 5.41 Å². The van der Waals surface area contributed by atoms with Crippen LogP contribution in [-0.4, -0.2) is 48.5 Å². The number of hydrogen-bond acceptors (Lipinski definition) is 4. The Hall–Kier alpha value is 0.230. The fraction of sp³-hybridized carbons (Fsp3) is 1.00. The Kier molecular flexibility index (Phi) is 4.48. The highest BCUT2D eigenvalue weighted by Gasteiger charge is 2.57. The zero-order chi connectivity index (χ0) is 15.0. The largest absolute Gasteiger partial charge is 0.378 e. The summed E-state index contributed by atoms with van der Waals surface area (Å²) in [5.74, 6) is 2.50. The summed E-state index contributed by atoms with van der Waals surface area (Å²) in [5.41, 5.74) is 0.665. The average Bonchev–Trinajstić information content (AvgIpc) is 3.18. The molecule has 2 aliphatic carbocycles. The number of hydrogen-bond donors (Lipinski definition) is 1. The standard InChI is InChI=1S/C18H31NO2S/c1-2-20-16-11-15(18(16)6-3-4-7-18)19-14-5-9-21-17(12-14)8-10-22-13-17/h14-16,19H,2-13H2,1H3/t14-,15-,16+,17-/m0/s1.